The maximum Gasteiger partial charge on any atom is 0.254 e. The Morgan fingerprint density at radius 1 is 1.43 bits per heavy atom. The third kappa shape index (κ3) is 3.92. The van der Waals surface area contributed by atoms with E-state index in [0.29, 0.717) is 16.5 Å². The Balaban J connectivity index is 1.60. The van der Waals surface area contributed by atoms with Crippen LogP contribution in [0.15, 0.2) is 36.7 Å². The molecule has 2 N–H and O–H groups in total. The fourth-order valence-electron chi connectivity index (χ4n) is 3.01. The number of hydrogen-bond acceptors (Lipinski definition) is 3. The van der Waals surface area contributed by atoms with Crippen molar-refractivity contribution in [2.75, 3.05) is 6.54 Å². The first kappa shape index (κ1) is 16.0. The Morgan fingerprint density at radius 3 is 2.96 bits per heavy atom. The number of nitrogens with one attached hydrogen (secondary N) is 1. The summed E-state index contributed by atoms with van der Waals surface area (Å²) in [6.45, 7) is 0.284. The summed E-state index contributed by atoms with van der Waals surface area (Å²) in [5.74, 6) is 0.0832. The Morgan fingerprint density at radius 2 is 2.22 bits per heavy atom. The molecule has 0 radical (unpaired) electrons. The molecule has 1 aromatic carbocycles. The standard InChI is InChI=1S/C17H20ClN3O2/c18-14-6-3-7-15(8-14)21-11-13(9-20-21)17(23)19-10-16(22)12-4-1-2-5-12/h3,6-9,11-12,16,22H,1-2,4-5,10H2,(H,19,23). The van der Waals surface area contributed by atoms with Crippen LogP contribution in [-0.2, 0) is 0 Å². The number of aliphatic hydroxyl groups is 1. The lowest BCUT2D eigenvalue weighted by Crippen LogP contribution is -2.35. The Hall–Kier alpha value is -1.85. The Bertz CT molecular complexity index is 680. The van der Waals surface area contributed by atoms with Gasteiger partial charge in [0.05, 0.1) is 23.6 Å². The van der Waals surface area contributed by atoms with Crippen LogP contribution in [0.2, 0.25) is 5.02 Å². The summed E-state index contributed by atoms with van der Waals surface area (Å²) in [6, 6.07) is 7.26. The smallest absolute Gasteiger partial charge is 0.254 e. The molecular weight excluding hydrogens is 314 g/mol. The first-order valence-electron chi connectivity index (χ1n) is 7.90. The minimum Gasteiger partial charge on any atom is -0.391 e. The van der Waals surface area contributed by atoms with Crippen molar-refractivity contribution in [3.63, 3.8) is 0 Å². The maximum absolute atomic E-state index is 12.2. The van der Waals surface area contributed by atoms with E-state index in [4.69, 9.17) is 11.6 Å². The van der Waals surface area contributed by atoms with Crippen molar-refractivity contribution >= 4 is 17.5 Å². The van der Waals surface area contributed by atoms with E-state index >= 15 is 0 Å². The molecule has 1 aliphatic carbocycles. The molecule has 0 bridgehead atoms. The molecule has 1 aliphatic rings. The van der Waals surface area contributed by atoms with E-state index in [1.54, 1.807) is 23.0 Å². The highest BCUT2D eigenvalue weighted by Crippen LogP contribution is 2.27. The topological polar surface area (TPSA) is 67.2 Å². The molecule has 1 fully saturated rings. The molecule has 23 heavy (non-hydrogen) atoms. The molecule has 122 valence electrons. The van der Waals surface area contributed by atoms with Gasteiger partial charge >= 0.3 is 0 Å². The van der Waals surface area contributed by atoms with Gasteiger partial charge in [-0.2, -0.15) is 5.10 Å². The third-order valence-corrected chi connectivity index (χ3v) is 4.57. The van der Waals surface area contributed by atoms with E-state index in [-0.39, 0.29) is 12.5 Å². The van der Waals surface area contributed by atoms with Gasteiger partial charge in [0.1, 0.15) is 0 Å². The van der Waals surface area contributed by atoms with Crippen LogP contribution < -0.4 is 5.32 Å². The molecule has 0 spiro atoms. The average molecular weight is 334 g/mol. The van der Waals surface area contributed by atoms with Crippen LogP contribution in [0.3, 0.4) is 0 Å². The predicted octanol–water partition coefficient (Wildman–Crippen LogP) is 2.81. The second kappa shape index (κ2) is 7.15. The zero-order valence-corrected chi connectivity index (χ0v) is 13.5. The van der Waals surface area contributed by atoms with Gasteiger partial charge in [0.25, 0.3) is 5.91 Å². The van der Waals surface area contributed by atoms with Crippen molar-refractivity contribution in [2.24, 2.45) is 5.92 Å². The SMILES string of the molecule is O=C(NCC(O)C1CCCC1)c1cnn(-c2cccc(Cl)c2)c1. The number of nitrogens with zero attached hydrogens (tertiary/aromatic N) is 2. The van der Waals surface area contributed by atoms with E-state index in [0.717, 1.165) is 18.5 Å². The summed E-state index contributed by atoms with van der Waals surface area (Å²) in [5.41, 5.74) is 1.26. The molecule has 1 amide bonds. The molecule has 1 atom stereocenters. The van der Waals surface area contributed by atoms with Gasteiger partial charge in [0.2, 0.25) is 0 Å². The highest BCUT2D eigenvalue weighted by Gasteiger charge is 2.23. The van der Waals surface area contributed by atoms with Crippen molar-refractivity contribution in [2.45, 2.75) is 31.8 Å². The number of aromatic nitrogens is 2. The second-order valence-electron chi connectivity index (χ2n) is 5.98. The summed E-state index contributed by atoms with van der Waals surface area (Å²) in [6.07, 6.45) is 7.13. The highest BCUT2D eigenvalue weighted by molar-refractivity contribution is 6.30. The van der Waals surface area contributed by atoms with Gasteiger partial charge in [0.15, 0.2) is 0 Å². The number of amides is 1. The Labute approximate surface area is 140 Å². The van der Waals surface area contributed by atoms with Gasteiger partial charge in [-0.25, -0.2) is 4.68 Å². The summed E-state index contributed by atoms with van der Waals surface area (Å²) < 4.78 is 1.61. The number of rotatable bonds is 5. The average Bonchev–Trinajstić information content (AvgIpc) is 3.23. The number of hydrogen-bond donors (Lipinski definition) is 2. The van der Waals surface area contributed by atoms with Crippen molar-refractivity contribution in [3.8, 4) is 5.69 Å². The molecule has 1 heterocycles. The molecule has 5 nitrogen and oxygen atoms in total. The number of carbonyl (C=O) groups excluding carboxylic acids is 1. The lowest BCUT2D eigenvalue weighted by atomic mass is 10.0. The van der Waals surface area contributed by atoms with Crippen LogP contribution in [-0.4, -0.2) is 33.4 Å². The van der Waals surface area contributed by atoms with Crippen molar-refractivity contribution in [1.82, 2.24) is 15.1 Å². The fraction of sp³-hybridized carbons (Fsp3) is 0.412. The van der Waals surface area contributed by atoms with Crippen LogP contribution in [0.1, 0.15) is 36.0 Å². The van der Waals surface area contributed by atoms with E-state index in [9.17, 15) is 9.90 Å². The van der Waals surface area contributed by atoms with Gasteiger partial charge in [-0.15, -0.1) is 0 Å². The Kier molecular flexibility index (Phi) is 4.98. The first-order valence-corrected chi connectivity index (χ1v) is 8.28. The van der Waals surface area contributed by atoms with Gasteiger partial charge in [0, 0.05) is 17.8 Å². The minimum atomic E-state index is -0.468. The molecule has 2 aromatic rings. The summed E-state index contributed by atoms with van der Waals surface area (Å²) in [5, 5.41) is 17.7. The van der Waals surface area contributed by atoms with Crippen molar-refractivity contribution in [1.29, 1.82) is 0 Å². The molecule has 3 rings (SSSR count). The van der Waals surface area contributed by atoms with E-state index in [2.05, 4.69) is 10.4 Å². The quantitative estimate of drug-likeness (QED) is 0.884. The first-order chi connectivity index (χ1) is 11.1. The van der Waals surface area contributed by atoms with Gasteiger partial charge in [-0.05, 0) is 37.0 Å². The van der Waals surface area contributed by atoms with Gasteiger partial charge < -0.3 is 10.4 Å². The lowest BCUT2D eigenvalue weighted by Gasteiger charge is -2.17. The molecule has 1 saturated carbocycles. The molecule has 6 heteroatoms. The number of carbonyl (C=O) groups is 1. The van der Waals surface area contributed by atoms with Gasteiger partial charge in [-0.1, -0.05) is 30.5 Å². The van der Waals surface area contributed by atoms with E-state index in [1.165, 1.54) is 19.0 Å². The molecule has 0 saturated heterocycles. The van der Waals surface area contributed by atoms with Crippen LogP contribution in [0.25, 0.3) is 5.69 Å². The lowest BCUT2D eigenvalue weighted by molar-refractivity contribution is 0.0840. The molecule has 1 aromatic heterocycles. The largest absolute Gasteiger partial charge is 0.391 e. The summed E-state index contributed by atoms with van der Waals surface area (Å²) >= 11 is 5.96. The second-order valence-corrected chi connectivity index (χ2v) is 6.41. The number of aliphatic hydroxyl groups excluding tert-OH is 1. The highest BCUT2D eigenvalue weighted by atomic mass is 35.5. The predicted molar refractivity (Wildman–Crippen MR) is 88.9 cm³/mol. The maximum atomic E-state index is 12.2. The number of benzene rings is 1. The summed E-state index contributed by atoms with van der Waals surface area (Å²) in [4.78, 5) is 12.2. The normalized spacial score (nSPS) is 16.4. The third-order valence-electron chi connectivity index (χ3n) is 4.33. The number of halogens is 1. The molecule has 1 unspecified atom stereocenters. The van der Waals surface area contributed by atoms with Crippen LogP contribution >= 0.6 is 11.6 Å². The van der Waals surface area contributed by atoms with E-state index in [1.807, 2.05) is 12.1 Å². The zero-order valence-electron chi connectivity index (χ0n) is 12.8. The monoisotopic (exact) mass is 333 g/mol. The zero-order chi connectivity index (χ0) is 16.2. The van der Waals surface area contributed by atoms with E-state index < -0.39 is 6.10 Å². The molecular formula is C17H20ClN3O2. The van der Waals surface area contributed by atoms with Crippen LogP contribution in [0, 0.1) is 5.92 Å². The van der Waals surface area contributed by atoms with Gasteiger partial charge in [-0.3, -0.25) is 4.79 Å². The summed E-state index contributed by atoms with van der Waals surface area (Å²) in [7, 11) is 0. The van der Waals surface area contributed by atoms with Crippen molar-refractivity contribution in [3.05, 3.63) is 47.2 Å². The minimum absolute atomic E-state index is 0.227. The van der Waals surface area contributed by atoms with Crippen molar-refractivity contribution < 1.29 is 9.90 Å². The fourth-order valence-corrected chi connectivity index (χ4v) is 3.19. The van der Waals surface area contributed by atoms with Crippen LogP contribution in [0.4, 0.5) is 0 Å². The molecule has 0 aliphatic heterocycles. The van der Waals surface area contributed by atoms with Crippen LogP contribution in [0.5, 0.6) is 0 Å².